The molecule has 3 N–H and O–H groups in total. The lowest BCUT2D eigenvalue weighted by Gasteiger charge is -2.23. The molecule has 7 nitrogen and oxygen atoms in total. The molecule has 166 valence electrons. The number of esters is 1. The number of rotatable bonds is 10. The minimum atomic E-state index is -0.626. The molecule has 1 atom stereocenters. The molecule has 0 aromatic heterocycles. The number of primary amides is 1. The van der Waals surface area contributed by atoms with E-state index in [1.807, 2.05) is 26.0 Å². The molecule has 2 amide bonds. The maximum atomic E-state index is 12.4. The van der Waals surface area contributed by atoms with Gasteiger partial charge < -0.3 is 20.5 Å². The SMILES string of the molecule is CC(C)c1ccc([C@@H](NC(=O)COC(=O)c2ccc(OCC(N)=O)cc2)C(C)C)cc1. The number of nitrogens with two attached hydrogens (primary N) is 1. The lowest BCUT2D eigenvalue weighted by molar-refractivity contribution is -0.125. The van der Waals surface area contributed by atoms with Gasteiger partial charge in [0.05, 0.1) is 11.6 Å². The van der Waals surface area contributed by atoms with E-state index in [1.165, 1.54) is 29.8 Å². The van der Waals surface area contributed by atoms with Crippen LogP contribution in [0.3, 0.4) is 0 Å². The lowest BCUT2D eigenvalue weighted by atomic mass is 9.93. The normalized spacial score (nSPS) is 11.8. The number of carbonyl (C=O) groups excluding carboxylic acids is 3. The third-order valence-corrected chi connectivity index (χ3v) is 4.75. The molecule has 2 rings (SSSR count). The summed E-state index contributed by atoms with van der Waals surface area (Å²) in [4.78, 5) is 35.3. The van der Waals surface area contributed by atoms with Crippen LogP contribution < -0.4 is 15.8 Å². The van der Waals surface area contributed by atoms with Crippen LogP contribution in [0.5, 0.6) is 5.75 Å². The Kier molecular flexibility index (Phi) is 8.61. The number of hydrogen-bond acceptors (Lipinski definition) is 5. The zero-order valence-electron chi connectivity index (χ0n) is 18.4. The van der Waals surface area contributed by atoms with Gasteiger partial charge in [0.25, 0.3) is 11.8 Å². The van der Waals surface area contributed by atoms with Crippen molar-refractivity contribution in [2.24, 2.45) is 11.7 Å². The summed E-state index contributed by atoms with van der Waals surface area (Å²) in [6, 6.07) is 14.0. The minimum Gasteiger partial charge on any atom is -0.484 e. The zero-order chi connectivity index (χ0) is 23.0. The van der Waals surface area contributed by atoms with Gasteiger partial charge in [0.1, 0.15) is 5.75 Å². The van der Waals surface area contributed by atoms with Crippen LogP contribution in [0.2, 0.25) is 0 Å². The van der Waals surface area contributed by atoms with Crippen LogP contribution >= 0.6 is 0 Å². The summed E-state index contributed by atoms with van der Waals surface area (Å²) in [5.41, 5.74) is 7.53. The van der Waals surface area contributed by atoms with E-state index in [1.54, 1.807) is 0 Å². The van der Waals surface area contributed by atoms with Gasteiger partial charge in [0.15, 0.2) is 13.2 Å². The molecule has 0 aliphatic rings. The van der Waals surface area contributed by atoms with E-state index in [-0.39, 0.29) is 36.6 Å². The average Bonchev–Trinajstić information content (AvgIpc) is 2.74. The fourth-order valence-electron chi connectivity index (χ4n) is 2.99. The third kappa shape index (κ3) is 7.44. The van der Waals surface area contributed by atoms with E-state index < -0.39 is 11.9 Å². The van der Waals surface area contributed by atoms with E-state index in [9.17, 15) is 14.4 Å². The molecule has 0 saturated heterocycles. The molecule has 0 bridgehead atoms. The van der Waals surface area contributed by atoms with Gasteiger partial charge >= 0.3 is 5.97 Å². The second kappa shape index (κ2) is 11.2. The Morgan fingerprint density at radius 3 is 1.97 bits per heavy atom. The van der Waals surface area contributed by atoms with Crippen LogP contribution in [-0.4, -0.2) is 31.0 Å². The Bertz CT molecular complexity index is 889. The molecule has 0 spiro atoms. The van der Waals surface area contributed by atoms with Crippen molar-refractivity contribution in [2.75, 3.05) is 13.2 Å². The Morgan fingerprint density at radius 1 is 0.871 bits per heavy atom. The Balaban J connectivity index is 1.91. The number of carbonyl (C=O) groups is 3. The van der Waals surface area contributed by atoms with E-state index >= 15 is 0 Å². The first-order chi connectivity index (χ1) is 14.7. The summed E-state index contributed by atoms with van der Waals surface area (Å²) in [5, 5.41) is 2.94. The molecule has 7 heteroatoms. The predicted octanol–water partition coefficient (Wildman–Crippen LogP) is 3.34. The van der Waals surface area contributed by atoms with E-state index in [0.717, 1.165) is 5.56 Å². The lowest BCUT2D eigenvalue weighted by Crippen LogP contribution is -2.35. The first-order valence-electron chi connectivity index (χ1n) is 10.2. The van der Waals surface area contributed by atoms with Gasteiger partial charge in [-0.15, -0.1) is 0 Å². The Hall–Kier alpha value is -3.35. The smallest absolute Gasteiger partial charge is 0.338 e. The van der Waals surface area contributed by atoms with Crippen LogP contribution in [0.4, 0.5) is 0 Å². The second-order valence-electron chi connectivity index (χ2n) is 7.97. The fourth-order valence-corrected chi connectivity index (χ4v) is 2.99. The summed E-state index contributed by atoms with van der Waals surface area (Å²) < 4.78 is 10.3. The highest BCUT2D eigenvalue weighted by molar-refractivity contribution is 5.91. The first-order valence-corrected chi connectivity index (χ1v) is 10.2. The van der Waals surface area contributed by atoms with Crippen LogP contribution in [0.25, 0.3) is 0 Å². The van der Waals surface area contributed by atoms with Crippen molar-refractivity contribution in [1.82, 2.24) is 5.32 Å². The maximum absolute atomic E-state index is 12.4. The highest BCUT2D eigenvalue weighted by Gasteiger charge is 2.20. The summed E-state index contributed by atoms with van der Waals surface area (Å²) in [6.45, 7) is 7.68. The largest absolute Gasteiger partial charge is 0.484 e. The summed E-state index contributed by atoms with van der Waals surface area (Å²) in [5.74, 6) is -0.594. The van der Waals surface area contributed by atoms with Gasteiger partial charge in [-0.25, -0.2) is 4.79 Å². The molecule has 2 aromatic carbocycles. The highest BCUT2D eigenvalue weighted by atomic mass is 16.5. The van der Waals surface area contributed by atoms with Gasteiger partial charge in [-0.2, -0.15) is 0 Å². The van der Waals surface area contributed by atoms with Crippen LogP contribution in [-0.2, 0) is 14.3 Å². The second-order valence-corrected chi connectivity index (χ2v) is 7.97. The molecule has 0 saturated carbocycles. The molecule has 0 radical (unpaired) electrons. The Morgan fingerprint density at radius 2 is 1.45 bits per heavy atom. The van der Waals surface area contributed by atoms with Crippen LogP contribution in [0, 0.1) is 5.92 Å². The maximum Gasteiger partial charge on any atom is 0.338 e. The first kappa shape index (κ1) is 23.9. The van der Waals surface area contributed by atoms with Crippen molar-refractivity contribution < 1.29 is 23.9 Å². The predicted molar refractivity (Wildman–Crippen MR) is 118 cm³/mol. The van der Waals surface area contributed by atoms with Crippen molar-refractivity contribution in [3.8, 4) is 5.75 Å². The molecular formula is C24H30N2O5. The van der Waals surface area contributed by atoms with Crippen molar-refractivity contribution >= 4 is 17.8 Å². The summed E-state index contributed by atoms with van der Waals surface area (Å²) in [7, 11) is 0. The van der Waals surface area contributed by atoms with Crippen LogP contribution in [0.15, 0.2) is 48.5 Å². The van der Waals surface area contributed by atoms with Crippen molar-refractivity contribution in [3.63, 3.8) is 0 Å². The van der Waals surface area contributed by atoms with Crippen LogP contribution in [0.1, 0.15) is 61.1 Å². The monoisotopic (exact) mass is 426 g/mol. The van der Waals surface area contributed by atoms with Crippen molar-refractivity contribution in [3.05, 3.63) is 65.2 Å². The van der Waals surface area contributed by atoms with Gasteiger partial charge in [0.2, 0.25) is 0 Å². The standard InChI is InChI=1S/C24H30N2O5/c1-15(2)17-5-7-18(8-6-17)23(16(3)4)26-22(28)14-31-24(29)19-9-11-20(12-10-19)30-13-21(25)27/h5-12,15-16,23H,13-14H2,1-4H3,(H2,25,27)(H,26,28)/t23-/m0/s1. The summed E-state index contributed by atoms with van der Waals surface area (Å²) >= 11 is 0. The van der Waals surface area contributed by atoms with E-state index in [0.29, 0.717) is 11.7 Å². The molecule has 0 aliphatic carbocycles. The quantitative estimate of drug-likeness (QED) is 0.567. The molecule has 0 fully saturated rings. The van der Waals surface area contributed by atoms with Gasteiger partial charge in [-0.3, -0.25) is 9.59 Å². The van der Waals surface area contributed by atoms with Crippen molar-refractivity contribution in [1.29, 1.82) is 0 Å². The van der Waals surface area contributed by atoms with E-state index in [2.05, 4.69) is 31.3 Å². The number of hydrogen-bond donors (Lipinski definition) is 2. The summed E-state index contributed by atoms with van der Waals surface area (Å²) in [6.07, 6.45) is 0. The number of amides is 2. The Labute approximate surface area is 182 Å². The number of nitrogens with one attached hydrogen (secondary N) is 1. The van der Waals surface area contributed by atoms with E-state index in [4.69, 9.17) is 15.2 Å². The molecule has 0 heterocycles. The van der Waals surface area contributed by atoms with Gasteiger partial charge in [0, 0.05) is 0 Å². The fraction of sp³-hybridized carbons (Fsp3) is 0.375. The minimum absolute atomic E-state index is 0.164. The third-order valence-electron chi connectivity index (χ3n) is 4.75. The molecule has 2 aromatic rings. The zero-order valence-corrected chi connectivity index (χ0v) is 18.4. The highest BCUT2D eigenvalue weighted by Crippen LogP contribution is 2.24. The van der Waals surface area contributed by atoms with Crippen molar-refractivity contribution in [2.45, 2.75) is 39.7 Å². The average molecular weight is 427 g/mol. The molecule has 0 unspecified atom stereocenters. The van der Waals surface area contributed by atoms with Gasteiger partial charge in [-0.1, -0.05) is 52.0 Å². The topological polar surface area (TPSA) is 108 Å². The molecule has 31 heavy (non-hydrogen) atoms. The molecule has 0 aliphatic heterocycles. The number of benzene rings is 2. The van der Waals surface area contributed by atoms with Gasteiger partial charge in [-0.05, 0) is 47.2 Å². The molecular weight excluding hydrogens is 396 g/mol. The number of ether oxygens (including phenoxy) is 2.